The van der Waals surface area contributed by atoms with Crippen molar-refractivity contribution in [2.45, 2.75) is 47.5 Å². The van der Waals surface area contributed by atoms with Crippen LogP contribution in [0.5, 0.6) is 0 Å². The number of hydrogen-bond acceptors (Lipinski definition) is 5. The zero-order valence-electron chi connectivity index (χ0n) is 22.0. The van der Waals surface area contributed by atoms with Gasteiger partial charge < -0.3 is 20.7 Å². The van der Waals surface area contributed by atoms with Crippen LogP contribution in [0, 0.1) is 27.7 Å². The minimum absolute atomic E-state index is 0.00456. The molecule has 35 heavy (non-hydrogen) atoms. The highest BCUT2D eigenvalue weighted by Gasteiger charge is 2.13. The van der Waals surface area contributed by atoms with Gasteiger partial charge in [-0.1, -0.05) is 49.7 Å². The molecule has 192 valence electrons. The van der Waals surface area contributed by atoms with Crippen molar-refractivity contribution in [2.75, 3.05) is 56.6 Å². The van der Waals surface area contributed by atoms with Crippen LogP contribution in [-0.2, 0) is 14.3 Å². The Balaban J connectivity index is 1.67. The minimum atomic E-state index is -0.0666. The summed E-state index contributed by atoms with van der Waals surface area (Å²) in [6, 6.07) is 12.0. The number of amides is 2. The molecule has 0 fully saturated rings. The first-order valence-electron chi connectivity index (χ1n) is 12.5. The number of nitrogens with one attached hydrogen (secondary N) is 3. The fourth-order valence-electron chi connectivity index (χ4n) is 3.88. The number of benzene rings is 2. The van der Waals surface area contributed by atoms with E-state index >= 15 is 0 Å². The van der Waals surface area contributed by atoms with E-state index in [9.17, 15) is 9.59 Å². The zero-order valence-corrected chi connectivity index (χ0v) is 22.0. The smallest absolute Gasteiger partial charge is 0.238 e. The molecule has 0 heterocycles. The number of rotatable bonds is 15. The van der Waals surface area contributed by atoms with Crippen LogP contribution in [0.4, 0.5) is 11.4 Å². The molecule has 2 amide bonds. The van der Waals surface area contributed by atoms with E-state index in [0.29, 0.717) is 32.8 Å². The number of nitrogens with zero attached hydrogens (tertiary/aromatic N) is 1. The lowest BCUT2D eigenvalue weighted by Gasteiger charge is -2.22. The summed E-state index contributed by atoms with van der Waals surface area (Å²) >= 11 is 0. The molecule has 0 aliphatic carbocycles. The van der Waals surface area contributed by atoms with Crippen LogP contribution in [0.15, 0.2) is 36.4 Å². The highest BCUT2D eigenvalue weighted by atomic mass is 16.5. The average Bonchev–Trinajstić information content (AvgIpc) is 2.81. The molecule has 0 aliphatic rings. The third-order valence-corrected chi connectivity index (χ3v) is 5.95. The molecule has 0 atom stereocenters. The van der Waals surface area contributed by atoms with Crippen molar-refractivity contribution in [2.24, 2.45) is 0 Å². The molecule has 3 N–H and O–H groups in total. The van der Waals surface area contributed by atoms with Crippen LogP contribution in [0.3, 0.4) is 0 Å². The number of hydrogen-bond donors (Lipinski definition) is 3. The fourth-order valence-corrected chi connectivity index (χ4v) is 3.88. The van der Waals surface area contributed by atoms with Gasteiger partial charge in [0.1, 0.15) is 0 Å². The van der Waals surface area contributed by atoms with Gasteiger partial charge in [-0.05, 0) is 62.9 Å². The lowest BCUT2D eigenvalue weighted by Crippen LogP contribution is -2.37. The average molecular weight is 483 g/mol. The highest BCUT2D eigenvalue weighted by molar-refractivity contribution is 5.94. The summed E-state index contributed by atoms with van der Waals surface area (Å²) in [5.74, 6) is -0.0712. The van der Waals surface area contributed by atoms with Gasteiger partial charge in [0.05, 0.1) is 26.3 Å². The number of para-hydroxylation sites is 2. The Hall–Kier alpha value is -2.74. The van der Waals surface area contributed by atoms with E-state index in [1.165, 1.54) is 0 Å². The molecule has 7 heteroatoms. The third-order valence-electron chi connectivity index (χ3n) is 5.95. The van der Waals surface area contributed by atoms with Crippen molar-refractivity contribution in [1.82, 2.24) is 10.2 Å². The Kier molecular flexibility index (Phi) is 12.5. The summed E-state index contributed by atoms with van der Waals surface area (Å²) in [7, 11) is 0. The van der Waals surface area contributed by atoms with Gasteiger partial charge in [0.25, 0.3) is 0 Å². The first kappa shape index (κ1) is 28.5. The lowest BCUT2D eigenvalue weighted by molar-refractivity contribution is -0.117. The van der Waals surface area contributed by atoms with Crippen molar-refractivity contribution < 1.29 is 14.3 Å². The molecule has 0 radical (unpaired) electrons. The minimum Gasteiger partial charge on any atom is -0.379 e. The molecule has 2 rings (SSSR count). The van der Waals surface area contributed by atoms with Crippen molar-refractivity contribution in [3.8, 4) is 0 Å². The Morgan fingerprint density at radius 1 is 0.800 bits per heavy atom. The Morgan fingerprint density at radius 3 is 1.89 bits per heavy atom. The standard InChI is InChI=1S/C28H42N4O3/c1-6-7-15-32(20-26(34)31-28-23(4)12-9-13-24(28)5)16-18-35-17-14-29-19-25(33)30-27-21(2)10-8-11-22(27)3/h8-13,29H,6-7,14-20H2,1-5H3,(H,30,33)(H,31,34). The van der Waals surface area contributed by atoms with Gasteiger partial charge >= 0.3 is 0 Å². The van der Waals surface area contributed by atoms with Gasteiger partial charge in [-0.15, -0.1) is 0 Å². The normalized spacial score (nSPS) is 11.0. The highest BCUT2D eigenvalue weighted by Crippen LogP contribution is 2.20. The first-order valence-corrected chi connectivity index (χ1v) is 12.5. The fraction of sp³-hybridized carbons (Fsp3) is 0.500. The second-order valence-corrected chi connectivity index (χ2v) is 9.05. The molecule has 0 saturated carbocycles. The Labute approximate surface area is 210 Å². The second-order valence-electron chi connectivity index (χ2n) is 9.05. The van der Waals surface area contributed by atoms with Gasteiger partial charge in [0.15, 0.2) is 0 Å². The van der Waals surface area contributed by atoms with Crippen molar-refractivity contribution >= 4 is 23.2 Å². The van der Waals surface area contributed by atoms with Crippen molar-refractivity contribution in [3.05, 3.63) is 58.7 Å². The van der Waals surface area contributed by atoms with Crippen LogP contribution in [-0.4, -0.2) is 62.7 Å². The molecule has 0 saturated heterocycles. The summed E-state index contributed by atoms with van der Waals surface area (Å²) in [4.78, 5) is 27.0. The zero-order chi connectivity index (χ0) is 25.6. The number of anilines is 2. The van der Waals surface area contributed by atoms with E-state index in [4.69, 9.17) is 4.74 Å². The summed E-state index contributed by atoms with van der Waals surface area (Å²) in [6.45, 7) is 13.9. The monoisotopic (exact) mass is 482 g/mol. The van der Waals surface area contributed by atoms with Gasteiger partial charge in [0.2, 0.25) is 11.8 Å². The lowest BCUT2D eigenvalue weighted by atomic mass is 10.1. The van der Waals surface area contributed by atoms with Crippen LogP contribution in [0.2, 0.25) is 0 Å². The van der Waals surface area contributed by atoms with E-state index in [0.717, 1.165) is 53.0 Å². The van der Waals surface area contributed by atoms with Gasteiger partial charge in [-0.3, -0.25) is 14.5 Å². The summed E-state index contributed by atoms with van der Waals surface area (Å²) in [5.41, 5.74) is 6.02. The van der Waals surface area contributed by atoms with E-state index in [2.05, 4.69) is 27.8 Å². The molecule has 2 aromatic carbocycles. The number of unbranched alkanes of at least 4 members (excludes halogenated alkanes) is 1. The van der Waals surface area contributed by atoms with Crippen molar-refractivity contribution in [1.29, 1.82) is 0 Å². The SMILES string of the molecule is CCCCN(CCOCCNCC(=O)Nc1c(C)cccc1C)CC(=O)Nc1c(C)cccc1C. The van der Waals surface area contributed by atoms with E-state index in [1.807, 2.05) is 64.1 Å². The molecular weight excluding hydrogens is 440 g/mol. The second kappa shape index (κ2) is 15.3. The Bertz CT molecular complexity index is 921. The maximum atomic E-state index is 12.7. The predicted octanol–water partition coefficient (Wildman–Crippen LogP) is 4.21. The van der Waals surface area contributed by atoms with E-state index in [-0.39, 0.29) is 18.4 Å². The van der Waals surface area contributed by atoms with Crippen LogP contribution >= 0.6 is 0 Å². The summed E-state index contributed by atoms with van der Waals surface area (Å²) in [5, 5.41) is 9.16. The third kappa shape index (κ3) is 10.2. The molecule has 0 spiro atoms. The van der Waals surface area contributed by atoms with Crippen LogP contribution in [0.25, 0.3) is 0 Å². The molecule has 0 aromatic heterocycles. The van der Waals surface area contributed by atoms with Gasteiger partial charge in [-0.2, -0.15) is 0 Å². The number of ether oxygens (including phenoxy) is 1. The number of carbonyl (C=O) groups is 2. The maximum absolute atomic E-state index is 12.7. The number of aryl methyl sites for hydroxylation is 4. The van der Waals surface area contributed by atoms with Crippen LogP contribution < -0.4 is 16.0 Å². The summed E-state index contributed by atoms with van der Waals surface area (Å²) < 4.78 is 5.75. The molecule has 0 unspecified atom stereocenters. The molecular formula is C28H42N4O3. The first-order chi connectivity index (χ1) is 16.8. The quantitative estimate of drug-likeness (QED) is 0.331. The molecule has 7 nitrogen and oxygen atoms in total. The van der Waals surface area contributed by atoms with Crippen molar-refractivity contribution in [3.63, 3.8) is 0 Å². The summed E-state index contributed by atoms with van der Waals surface area (Å²) in [6.07, 6.45) is 2.11. The van der Waals surface area contributed by atoms with Gasteiger partial charge in [-0.25, -0.2) is 0 Å². The van der Waals surface area contributed by atoms with Crippen LogP contribution in [0.1, 0.15) is 42.0 Å². The largest absolute Gasteiger partial charge is 0.379 e. The molecule has 0 aliphatic heterocycles. The van der Waals surface area contributed by atoms with Gasteiger partial charge in [0, 0.05) is 24.5 Å². The number of carbonyl (C=O) groups excluding carboxylic acids is 2. The molecule has 2 aromatic rings. The maximum Gasteiger partial charge on any atom is 0.238 e. The van der Waals surface area contributed by atoms with E-state index < -0.39 is 0 Å². The van der Waals surface area contributed by atoms with E-state index in [1.54, 1.807) is 0 Å². The topological polar surface area (TPSA) is 82.7 Å². The molecule has 0 bridgehead atoms. The Morgan fingerprint density at radius 2 is 1.34 bits per heavy atom. The predicted molar refractivity (Wildman–Crippen MR) is 144 cm³/mol.